The predicted octanol–water partition coefficient (Wildman–Crippen LogP) is 2.88. The third-order valence-corrected chi connectivity index (χ3v) is 4.28. The molecule has 0 saturated heterocycles. The number of furan rings is 2. The number of alkyl halides is 3. The molecule has 1 N–H and O–H groups in total. The van der Waals surface area contributed by atoms with Crippen molar-refractivity contribution in [1.29, 1.82) is 0 Å². The molecular weight excluding hydrogens is 323 g/mol. The van der Waals surface area contributed by atoms with Crippen LogP contribution in [-0.4, -0.2) is 26.9 Å². The van der Waals surface area contributed by atoms with Gasteiger partial charge in [0, 0.05) is 6.54 Å². The van der Waals surface area contributed by atoms with Crippen LogP contribution in [0.1, 0.15) is 23.9 Å². The molecular formula is C13H14F3NO4S. The molecule has 0 spiro atoms. The van der Waals surface area contributed by atoms with Gasteiger partial charge in [0.15, 0.2) is 0 Å². The summed E-state index contributed by atoms with van der Waals surface area (Å²) in [6.07, 6.45) is -3.07. The molecule has 0 bridgehead atoms. The lowest BCUT2D eigenvalue weighted by Crippen LogP contribution is -2.32. The number of sulfonamides is 1. The van der Waals surface area contributed by atoms with E-state index in [1.807, 2.05) is 0 Å². The van der Waals surface area contributed by atoms with E-state index in [0.717, 1.165) is 0 Å². The van der Waals surface area contributed by atoms with Crippen molar-refractivity contribution in [2.75, 3.05) is 12.3 Å². The van der Waals surface area contributed by atoms with E-state index in [2.05, 4.69) is 4.72 Å². The molecule has 0 unspecified atom stereocenters. The Hall–Kier alpha value is -1.74. The highest BCUT2D eigenvalue weighted by molar-refractivity contribution is 7.89. The van der Waals surface area contributed by atoms with E-state index in [1.165, 1.54) is 12.5 Å². The number of halogens is 3. The summed E-state index contributed by atoms with van der Waals surface area (Å²) in [7, 11) is -4.05. The molecule has 22 heavy (non-hydrogen) atoms. The van der Waals surface area contributed by atoms with Crippen molar-refractivity contribution < 1.29 is 30.4 Å². The van der Waals surface area contributed by atoms with Gasteiger partial charge < -0.3 is 8.83 Å². The first-order valence-electron chi connectivity index (χ1n) is 6.38. The zero-order chi connectivity index (χ0) is 16.2. The minimum Gasteiger partial charge on any atom is -0.469 e. The Kier molecular flexibility index (Phi) is 4.97. The molecule has 2 aromatic heterocycles. The lowest BCUT2D eigenvalue weighted by molar-refractivity contribution is -0.129. The van der Waals surface area contributed by atoms with Crippen LogP contribution >= 0.6 is 0 Å². The van der Waals surface area contributed by atoms with E-state index >= 15 is 0 Å². The molecule has 0 atom stereocenters. The van der Waals surface area contributed by atoms with Gasteiger partial charge in [0.2, 0.25) is 10.0 Å². The lowest BCUT2D eigenvalue weighted by atomic mass is 10.0. The highest BCUT2D eigenvalue weighted by Gasteiger charge is 2.30. The van der Waals surface area contributed by atoms with Crippen LogP contribution < -0.4 is 4.72 Å². The van der Waals surface area contributed by atoms with Gasteiger partial charge in [-0.15, -0.1) is 0 Å². The van der Waals surface area contributed by atoms with Crippen molar-refractivity contribution in [1.82, 2.24) is 4.72 Å². The summed E-state index contributed by atoms with van der Waals surface area (Å²) in [6.45, 7) is -0.152. The minimum absolute atomic E-state index is 0.152. The molecule has 0 aliphatic rings. The van der Waals surface area contributed by atoms with E-state index in [9.17, 15) is 21.6 Å². The maximum atomic E-state index is 12.1. The first kappa shape index (κ1) is 16.6. The smallest absolute Gasteiger partial charge is 0.390 e. The van der Waals surface area contributed by atoms with Crippen molar-refractivity contribution in [3.8, 4) is 0 Å². The second kappa shape index (κ2) is 6.57. The van der Waals surface area contributed by atoms with Crippen molar-refractivity contribution in [2.45, 2.75) is 18.5 Å². The molecule has 0 aliphatic heterocycles. The van der Waals surface area contributed by atoms with Gasteiger partial charge in [0.1, 0.15) is 11.5 Å². The SMILES string of the molecule is O=S(=O)(CCC(F)(F)F)NCC(c1ccco1)c1ccco1. The molecule has 2 heterocycles. The average molecular weight is 337 g/mol. The largest absolute Gasteiger partial charge is 0.469 e. The molecule has 5 nitrogen and oxygen atoms in total. The van der Waals surface area contributed by atoms with Crippen molar-refractivity contribution in [2.24, 2.45) is 0 Å². The Bertz CT molecular complexity index is 628. The fourth-order valence-electron chi connectivity index (χ4n) is 1.85. The van der Waals surface area contributed by atoms with Gasteiger partial charge in [-0.25, -0.2) is 13.1 Å². The molecule has 0 radical (unpaired) electrons. The Balaban J connectivity index is 2.03. The van der Waals surface area contributed by atoms with Crippen molar-refractivity contribution in [3.63, 3.8) is 0 Å². The zero-order valence-corrected chi connectivity index (χ0v) is 12.2. The van der Waals surface area contributed by atoms with Gasteiger partial charge in [-0.1, -0.05) is 0 Å². The highest BCUT2D eigenvalue weighted by atomic mass is 32.2. The van der Waals surface area contributed by atoms with Crippen LogP contribution in [0.4, 0.5) is 13.2 Å². The fourth-order valence-corrected chi connectivity index (χ4v) is 2.92. The summed E-state index contributed by atoms with van der Waals surface area (Å²) >= 11 is 0. The van der Waals surface area contributed by atoms with Gasteiger partial charge in [-0.3, -0.25) is 0 Å². The van der Waals surface area contributed by atoms with Crippen LogP contribution in [0, 0.1) is 0 Å². The van der Waals surface area contributed by atoms with Gasteiger partial charge in [0.25, 0.3) is 0 Å². The third kappa shape index (κ3) is 4.92. The van der Waals surface area contributed by atoms with Gasteiger partial charge in [-0.2, -0.15) is 13.2 Å². The van der Waals surface area contributed by atoms with Crippen LogP contribution in [0.2, 0.25) is 0 Å². The Morgan fingerprint density at radius 2 is 1.64 bits per heavy atom. The van der Waals surface area contributed by atoms with E-state index in [0.29, 0.717) is 11.5 Å². The molecule has 0 amide bonds. The summed E-state index contributed by atoms with van der Waals surface area (Å²) in [6, 6.07) is 6.53. The van der Waals surface area contributed by atoms with E-state index in [1.54, 1.807) is 24.3 Å². The van der Waals surface area contributed by atoms with Crippen molar-refractivity contribution >= 4 is 10.0 Å². The third-order valence-electron chi connectivity index (χ3n) is 2.93. The highest BCUT2D eigenvalue weighted by Crippen LogP contribution is 2.25. The van der Waals surface area contributed by atoms with Crippen LogP contribution in [-0.2, 0) is 10.0 Å². The van der Waals surface area contributed by atoms with Gasteiger partial charge in [-0.05, 0) is 24.3 Å². The fraction of sp³-hybridized carbons (Fsp3) is 0.385. The van der Waals surface area contributed by atoms with E-state index in [-0.39, 0.29) is 6.54 Å². The van der Waals surface area contributed by atoms with Crippen LogP contribution in [0.25, 0.3) is 0 Å². The van der Waals surface area contributed by atoms with E-state index < -0.39 is 34.3 Å². The molecule has 2 rings (SSSR count). The molecule has 9 heteroatoms. The van der Waals surface area contributed by atoms with Crippen LogP contribution in [0.3, 0.4) is 0 Å². The summed E-state index contributed by atoms with van der Waals surface area (Å²) in [5.41, 5.74) is 0. The molecule has 0 aromatic carbocycles. The average Bonchev–Trinajstić information content (AvgIpc) is 3.09. The molecule has 122 valence electrons. The maximum Gasteiger partial charge on any atom is 0.390 e. The second-order valence-corrected chi connectivity index (χ2v) is 6.54. The van der Waals surface area contributed by atoms with E-state index in [4.69, 9.17) is 8.83 Å². The lowest BCUT2D eigenvalue weighted by Gasteiger charge is -2.14. The monoisotopic (exact) mass is 337 g/mol. The standard InChI is InChI=1S/C13H14F3NO4S/c14-13(15,16)5-8-22(18,19)17-9-10(11-3-1-6-20-11)12-4-2-7-21-12/h1-4,6-7,10,17H,5,8-9H2. The minimum atomic E-state index is -4.52. The molecule has 2 aromatic rings. The first-order valence-corrected chi connectivity index (χ1v) is 8.03. The summed E-state index contributed by atoms with van der Waals surface area (Å²) in [5.74, 6) is -0.660. The maximum absolute atomic E-state index is 12.1. The topological polar surface area (TPSA) is 72.5 Å². The predicted molar refractivity (Wildman–Crippen MR) is 71.7 cm³/mol. The molecule has 0 saturated carbocycles. The summed E-state index contributed by atoms with van der Waals surface area (Å²) in [4.78, 5) is 0. The Labute approximate surface area is 125 Å². The number of hydrogen-bond donors (Lipinski definition) is 1. The van der Waals surface area contributed by atoms with Gasteiger partial charge in [0.05, 0.1) is 30.6 Å². The Morgan fingerprint density at radius 3 is 2.05 bits per heavy atom. The molecule has 0 fully saturated rings. The number of rotatable bonds is 7. The second-order valence-electron chi connectivity index (χ2n) is 4.62. The van der Waals surface area contributed by atoms with Gasteiger partial charge >= 0.3 is 6.18 Å². The molecule has 0 aliphatic carbocycles. The number of nitrogens with one attached hydrogen (secondary N) is 1. The first-order chi connectivity index (χ1) is 10.3. The van der Waals surface area contributed by atoms with Crippen LogP contribution in [0.15, 0.2) is 45.6 Å². The zero-order valence-electron chi connectivity index (χ0n) is 11.3. The quantitative estimate of drug-likeness (QED) is 0.843. The van der Waals surface area contributed by atoms with Crippen molar-refractivity contribution in [3.05, 3.63) is 48.3 Å². The van der Waals surface area contributed by atoms with Crippen LogP contribution in [0.5, 0.6) is 0 Å². The Morgan fingerprint density at radius 1 is 1.09 bits per heavy atom. The summed E-state index contributed by atoms with van der Waals surface area (Å²) < 4.78 is 72.2. The normalized spacial score (nSPS) is 12.9. The summed E-state index contributed by atoms with van der Waals surface area (Å²) in [5, 5.41) is 0. The number of hydrogen-bond acceptors (Lipinski definition) is 4.